The summed E-state index contributed by atoms with van der Waals surface area (Å²) in [5, 5.41) is 2.06. The molecule has 0 aliphatic heterocycles. The Morgan fingerprint density at radius 2 is 2.09 bits per heavy atom. The zero-order chi connectivity index (χ0) is 8.69. The molecule has 0 aliphatic carbocycles. The largest absolute Gasteiger partial charge is 0.465 e. The zero-order valence-electron chi connectivity index (χ0n) is 7.22. The number of carbonyl (C=O) groups excluding carboxylic acids is 1. The summed E-state index contributed by atoms with van der Waals surface area (Å²) in [4.78, 5) is 10.3. The van der Waals surface area contributed by atoms with Crippen molar-refractivity contribution in [3.63, 3.8) is 0 Å². The number of ether oxygens (including phenoxy) is 1. The van der Waals surface area contributed by atoms with E-state index in [1.54, 1.807) is 11.8 Å². The van der Waals surface area contributed by atoms with E-state index >= 15 is 0 Å². The lowest BCUT2D eigenvalue weighted by Crippen LogP contribution is -2.01. The van der Waals surface area contributed by atoms with Crippen molar-refractivity contribution in [1.29, 1.82) is 0 Å². The van der Waals surface area contributed by atoms with Crippen molar-refractivity contribution in [2.24, 2.45) is 0 Å². The summed E-state index contributed by atoms with van der Waals surface area (Å²) in [5.41, 5.74) is 1.28. The smallest absolute Gasteiger partial charge is 0.302 e. The standard InChI is InChI=1S/C8H14O2S/c1-7(2)6-11-5-4-10-8(3)9/h6H,4-5H2,1-3H3. The van der Waals surface area contributed by atoms with Crippen LogP contribution < -0.4 is 0 Å². The number of esters is 1. The van der Waals surface area contributed by atoms with E-state index < -0.39 is 0 Å². The summed E-state index contributed by atoms with van der Waals surface area (Å²) in [6, 6.07) is 0. The van der Waals surface area contributed by atoms with Gasteiger partial charge in [0.2, 0.25) is 0 Å². The second-order valence-electron chi connectivity index (χ2n) is 2.41. The van der Waals surface area contributed by atoms with Crippen molar-refractivity contribution in [3.8, 4) is 0 Å². The number of hydrogen-bond donors (Lipinski definition) is 0. The maximum atomic E-state index is 10.3. The molecule has 0 aromatic carbocycles. The van der Waals surface area contributed by atoms with Gasteiger partial charge < -0.3 is 4.74 Å². The van der Waals surface area contributed by atoms with Crippen LogP contribution in [0.25, 0.3) is 0 Å². The third-order valence-electron chi connectivity index (χ3n) is 0.826. The SMILES string of the molecule is CC(=O)OCCSC=C(C)C. The van der Waals surface area contributed by atoms with E-state index in [1.165, 1.54) is 12.5 Å². The highest BCUT2D eigenvalue weighted by Gasteiger charge is 1.90. The van der Waals surface area contributed by atoms with Gasteiger partial charge >= 0.3 is 5.97 Å². The number of thioether (sulfide) groups is 1. The van der Waals surface area contributed by atoms with Gasteiger partial charge in [-0.15, -0.1) is 11.8 Å². The van der Waals surface area contributed by atoms with E-state index in [0.717, 1.165) is 5.75 Å². The molecule has 0 fully saturated rings. The van der Waals surface area contributed by atoms with Gasteiger partial charge in [-0.2, -0.15) is 0 Å². The normalized spacial score (nSPS) is 9.00. The van der Waals surface area contributed by atoms with Crippen LogP contribution in [0.4, 0.5) is 0 Å². The van der Waals surface area contributed by atoms with Crippen molar-refractivity contribution in [3.05, 3.63) is 11.0 Å². The molecule has 0 rings (SSSR count). The average Bonchev–Trinajstić information content (AvgIpc) is 1.85. The van der Waals surface area contributed by atoms with Crippen LogP contribution in [-0.2, 0) is 9.53 Å². The Hall–Kier alpha value is -0.440. The first-order valence-electron chi connectivity index (χ1n) is 3.51. The lowest BCUT2D eigenvalue weighted by atomic mass is 10.4. The molecule has 0 atom stereocenters. The molecular formula is C8H14O2S. The maximum absolute atomic E-state index is 10.3. The Morgan fingerprint density at radius 1 is 1.45 bits per heavy atom. The summed E-state index contributed by atoms with van der Waals surface area (Å²) in [6.07, 6.45) is 0. The molecule has 0 aliphatic rings. The predicted molar refractivity (Wildman–Crippen MR) is 48.5 cm³/mol. The minimum Gasteiger partial charge on any atom is -0.465 e. The number of allylic oxidation sites excluding steroid dienone is 1. The molecule has 0 saturated carbocycles. The van der Waals surface area contributed by atoms with Gasteiger partial charge in [0.1, 0.15) is 6.61 Å². The van der Waals surface area contributed by atoms with Gasteiger partial charge in [0.15, 0.2) is 0 Å². The highest BCUT2D eigenvalue weighted by Crippen LogP contribution is 2.05. The Bertz CT molecular complexity index is 148. The number of hydrogen-bond acceptors (Lipinski definition) is 3. The van der Waals surface area contributed by atoms with Crippen LogP contribution in [0.5, 0.6) is 0 Å². The fraction of sp³-hybridized carbons (Fsp3) is 0.625. The van der Waals surface area contributed by atoms with E-state index in [0.29, 0.717) is 6.61 Å². The monoisotopic (exact) mass is 174 g/mol. The Balaban J connectivity index is 3.15. The second kappa shape index (κ2) is 6.28. The zero-order valence-corrected chi connectivity index (χ0v) is 8.03. The summed E-state index contributed by atoms with van der Waals surface area (Å²) < 4.78 is 4.73. The first kappa shape index (κ1) is 10.6. The molecule has 0 heterocycles. The lowest BCUT2D eigenvalue weighted by molar-refractivity contribution is -0.140. The molecular weight excluding hydrogens is 160 g/mol. The summed E-state index contributed by atoms with van der Waals surface area (Å²) in [6.45, 7) is 6.01. The van der Waals surface area contributed by atoms with Gasteiger partial charge in [0.25, 0.3) is 0 Å². The summed E-state index contributed by atoms with van der Waals surface area (Å²) in [7, 11) is 0. The average molecular weight is 174 g/mol. The van der Waals surface area contributed by atoms with Gasteiger partial charge in [-0.3, -0.25) is 4.79 Å². The first-order chi connectivity index (χ1) is 5.13. The van der Waals surface area contributed by atoms with Gasteiger partial charge in [0, 0.05) is 12.7 Å². The molecule has 11 heavy (non-hydrogen) atoms. The van der Waals surface area contributed by atoms with Crippen LogP contribution in [0.2, 0.25) is 0 Å². The number of rotatable bonds is 4. The highest BCUT2D eigenvalue weighted by molar-refractivity contribution is 8.02. The molecule has 0 bridgehead atoms. The van der Waals surface area contributed by atoms with Gasteiger partial charge in [0.05, 0.1) is 0 Å². The van der Waals surface area contributed by atoms with Gasteiger partial charge in [-0.1, -0.05) is 5.57 Å². The molecule has 0 aromatic heterocycles. The van der Waals surface area contributed by atoms with Gasteiger partial charge in [-0.25, -0.2) is 0 Å². The molecule has 0 saturated heterocycles. The van der Waals surface area contributed by atoms with Gasteiger partial charge in [-0.05, 0) is 19.3 Å². The van der Waals surface area contributed by atoms with Crippen LogP contribution in [0, 0.1) is 0 Å². The van der Waals surface area contributed by atoms with Crippen molar-refractivity contribution in [2.75, 3.05) is 12.4 Å². The second-order valence-corrected chi connectivity index (χ2v) is 3.38. The van der Waals surface area contributed by atoms with Crippen LogP contribution in [-0.4, -0.2) is 18.3 Å². The molecule has 0 radical (unpaired) electrons. The lowest BCUT2D eigenvalue weighted by Gasteiger charge is -1.98. The molecule has 0 spiro atoms. The predicted octanol–water partition coefficient (Wildman–Crippen LogP) is 2.21. The first-order valence-corrected chi connectivity index (χ1v) is 4.56. The van der Waals surface area contributed by atoms with E-state index in [9.17, 15) is 4.79 Å². The quantitative estimate of drug-likeness (QED) is 0.483. The van der Waals surface area contributed by atoms with Crippen LogP contribution >= 0.6 is 11.8 Å². The molecule has 3 heteroatoms. The summed E-state index contributed by atoms with van der Waals surface area (Å²) in [5.74, 6) is 0.632. The third-order valence-corrected chi connectivity index (χ3v) is 1.87. The minimum atomic E-state index is -0.206. The minimum absolute atomic E-state index is 0.206. The van der Waals surface area contributed by atoms with Crippen molar-refractivity contribution < 1.29 is 9.53 Å². The Labute approximate surface area is 72.0 Å². The molecule has 0 aromatic rings. The van der Waals surface area contributed by atoms with Crippen molar-refractivity contribution in [1.82, 2.24) is 0 Å². The molecule has 0 amide bonds. The highest BCUT2D eigenvalue weighted by atomic mass is 32.2. The Morgan fingerprint density at radius 3 is 2.55 bits per heavy atom. The molecule has 2 nitrogen and oxygen atoms in total. The van der Waals surface area contributed by atoms with E-state index in [-0.39, 0.29) is 5.97 Å². The molecule has 64 valence electrons. The van der Waals surface area contributed by atoms with Crippen molar-refractivity contribution in [2.45, 2.75) is 20.8 Å². The van der Waals surface area contributed by atoms with E-state index in [1.807, 2.05) is 13.8 Å². The van der Waals surface area contributed by atoms with E-state index in [2.05, 4.69) is 5.41 Å². The van der Waals surface area contributed by atoms with Crippen molar-refractivity contribution >= 4 is 17.7 Å². The summed E-state index contributed by atoms with van der Waals surface area (Å²) >= 11 is 1.66. The Kier molecular flexibility index (Phi) is 6.03. The number of carbonyl (C=O) groups is 1. The molecule has 0 unspecified atom stereocenters. The third kappa shape index (κ3) is 9.56. The fourth-order valence-electron chi connectivity index (χ4n) is 0.459. The fourth-order valence-corrected chi connectivity index (χ4v) is 1.09. The maximum Gasteiger partial charge on any atom is 0.302 e. The van der Waals surface area contributed by atoms with Crippen LogP contribution in [0.15, 0.2) is 11.0 Å². The molecule has 0 N–H and O–H groups in total. The van der Waals surface area contributed by atoms with E-state index in [4.69, 9.17) is 4.74 Å². The van der Waals surface area contributed by atoms with Crippen LogP contribution in [0.3, 0.4) is 0 Å². The van der Waals surface area contributed by atoms with Crippen LogP contribution in [0.1, 0.15) is 20.8 Å². The topological polar surface area (TPSA) is 26.3 Å².